The number of benzene rings is 2. The Bertz CT molecular complexity index is 915. The molecule has 1 heterocycles. The van der Waals surface area contributed by atoms with Crippen LogP contribution in [-0.2, 0) is 11.3 Å². The maximum atomic E-state index is 12.3. The number of carbonyl (C=O) groups is 2. The van der Waals surface area contributed by atoms with Crippen LogP contribution >= 0.6 is 0 Å². The molecule has 134 valence electrons. The number of aryl methyl sites for hydroxylation is 1. The van der Waals surface area contributed by atoms with Gasteiger partial charge >= 0.3 is 0 Å². The van der Waals surface area contributed by atoms with Crippen molar-refractivity contribution in [3.63, 3.8) is 0 Å². The van der Waals surface area contributed by atoms with E-state index in [2.05, 4.69) is 21.8 Å². The van der Waals surface area contributed by atoms with Gasteiger partial charge in [-0.3, -0.25) is 9.59 Å². The maximum Gasteiger partial charge on any atom is 0.221 e. The minimum absolute atomic E-state index is 0.0193. The molecule has 1 N–H and O–H groups in total. The van der Waals surface area contributed by atoms with E-state index < -0.39 is 0 Å². The summed E-state index contributed by atoms with van der Waals surface area (Å²) in [5, 5.41) is 2.96. The number of carbonyl (C=O) groups excluding carboxylic acids is 2. The highest BCUT2D eigenvalue weighted by atomic mass is 16.2. The number of fused-ring (bicyclic) bond motifs is 1. The van der Waals surface area contributed by atoms with Crippen molar-refractivity contribution in [3.05, 3.63) is 66.0 Å². The predicted octanol–water partition coefficient (Wildman–Crippen LogP) is 3.90. The zero-order valence-corrected chi connectivity index (χ0v) is 15.1. The van der Waals surface area contributed by atoms with Crippen LogP contribution in [0.3, 0.4) is 0 Å². The van der Waals surface area contributed by atoms with Crippen molar-refractivity contribution in [2.75, 3.05) is 0 Å². The molecule has 0 aliphatic rings. The number of para-hydroxylation sites is 2. The van der Waals surface area contributed by atoms with E-state index in [-0.39, 0.29) is 30.6 Å². The van der Waals surface area contributed by atoms with Gasteiger partial charge in [0.05, 0.1) is 17.1 Å². The molecule has 1 aromatic heterocycles. The number of amides is 1. The van der Waals surface area contributed by atoms with Gasteiger partial charge in [-0.25, -0.2) is 4.98 Å². The van der Waals surface area contributed by atoms with Crippen molar-refractivity contribution < 1.29 is 9.59 Å². The lowest BCUT2D eigenvalue weighted by Gasteiger charge is -2.15. The fraction of sp³-hybridized carbons (Fsp3) is 0.286. The highest BCUT2D eigenvalue weighted by molar-refractivity contribution is 5.97. The fourth-order valence-electron chi connectivity index (χ4n) is 3.13. The monoisotopic (exact) mass is 349 g/mol. The highest BCUT2D eigenvalue weighted by Gasteiger charge is 2.18. The van der Waals surface area contributed by atoms with Crippen LogP contribution in [-0.4, -0.2) is 21.2 Å². The predicted molar refractivity (Wildman–Crippen MR) is 102 cm³/mol. The summed E-state index contributed by atoms with van der Waals surface area (Å²) >= 11 is 0. The Balaban J connectivity index is 1.63. The molecule has 0 aliphatic carbocycles. The zero-order chi connectivity index (χ0) is 18.5. The Kier molecular flexibility index (Phi) is 5.46. The van der Waals surface area contributed by atoms with Crippen LogP contribution in [0.1, 0.15) is 48.9 Å². The topological polar surface area (TPSA) is 64.0 Å². The van der Waals surface area contributed by atoms with Crippen LogP contribution < -0.4 is 5.32 Å². The van der Waals surface area contributed by atoms with E-state index in [0.29, 0.717) is 5.56 Å². The maximum absolute atomic E-state index is 12.3. The first kappa shape index (κ1) is 17.9. The van der Waals surface area contributed by atoms with Crippen molar-refractivity contribution >= 4 is 22.7 Å². The van der Waals surface area contributed by atoms with Gasteiger partial charge in [-0.05, 0) is 26.0 Å². The summed E-state index contributed by atoms with van der Waals surface area (Å²) in [4.78, 5) is 29.1. The van der Waals surface area contributed by atoms with Gasteiger partial charge in [-0.15, -0.1) is 0 Å². The van der Waals surface area contributed by atoms with Gasteiger partial charge in [0, 0.05) is 24.9 Å². The number of Topliss-reactive ketones (excluding diaryl/α,β-unsaturated/α-hetero) is 1. The summed E-state index contributed by atoms with van der Waals surface area (Å²) in [5.41, 5.74) is 2.62. The summed E-state index contributed by atoms with van der Waals surface area (Å²) in [7, 11) is 0. The summed E-state index contributed by atoms with van der Waals surface area (Å²) in [6.45, 7) is 4.76. The largest absolute Gasteiger partial charge is 0.346 e. The van der Waals surface area contributed by atoms with Gasteiger partial charge in [0.15, 0.2) is 5.78 Å². The second kappa shape index (κ2) is 7.95. The second-order valence-electron chi connectivity index (χ2n) is 6.28. The second-order valence-corrected chi connectivity index (χ2v) is 6.28. The van der Waals surface area contributed by atoms with Crippen LogP contribution in [0.15, 0.2) is 54.6 Å². The molecule has 26 heavy (non-hydrogen) atoms. The normalized spacial score (nSPS) is 12.1. The van der Waals surface area contributed by atoms with Gasteiger partial charge in [0.25, 0.3) is 0 Å². The first-order chi connectivity index (χ1) is 12.6. The quantitative estimate of drug-likeness (QED) is 0.658. The molecule has 0 spiro atoms. The molecule has 3 rings (SSSR count). The zero-order valence-electron chi connectivity index (χ0n) is 15.1. The minimum atomic E-state index is -0.221. The van der Waals surface area contributed by atoms with E-state index >= 15 is 0 Å². The number of hydrogen-bond acceptors (Lipinski definition) is 3. The number of aromatic nitrogens is 2. The molecular weight excluding hydrogens is 326 g/mol. The lowest BCUT2D eigenvalue weighted by molar-refractivity contribution is -0.121. The lowest BCUT2D eigenvalue weighted by Crippen LogP contribution is -2.29. The standard InChI is InChI=1S/C21H23N3O2/c1-3-24-18-12-8-7-11-17(18)23-21(24)15(2)22-20(26)14-13-19(25)16-9-5-4-6-10-16/h4-12,15H,3,13-14H2,1-2H3,(H,22,26)/t15-/m1/s1. The summed E-state index contributed by atoms with van der Waals surface area (Å²) in [6, 6.07) is 16.8. The third-order valence-corrected chi connectivity index (χ3v) is 4.44. The van der Waals surface area contributed by atoms with Crippen LogP contribution in [0, 0.1) is 0 Å². The molecule has 0 unspecified atom stereocenters. The van der Waals surface area contributed by atoms with Crippen molar-refractivity contribution in [2.45, 2.75) is 39.3 Å². The molecule has 0 bridgehead atoms. The van der Waals surface area contributed by atoms with E-state index in [0.717, 1.165) is 23.4 Å². The Hall–Kier alpha value is -2.95. The number of nitrogens with one attached hydrogen (secondary N) is 1. The van der Waals surface area contributed by atoms with Gasteiger partial charge in [-0.1, -0.05) is 42.5 Å². The minimum Gasteiger partial charge on any atom is -0.346 e. The van der Waals surface area contributed by atoms with Crippen LogP contribution in [0.2, 0.25) is 0 Å². The van der Waals surface area contributed by atoms with Crippen molar-refractivity contribution in [2.24, 2.45) is 0 Å². The molecule has 2 aromatic carbocycles. The van der Waals surface area contributed by atoms with E-state index in [4.69, 9.17) is 0 Å². The van der Waals surface area contributed by atoms with E-state index in [1.54, 1.807) is 12.1 Å². The Morgan fingerprint density at radius 2 is 1.73 bits per heavy atom. The van der Waals surface area contributed by atoms with Crippen LogP contribution in [0.5, 0.6) is 0 Å². The smallest absolute Gasteiger partial charge is 0.221 e. The molecular formula is C21H23N3O2. The van der Waals surface area contributed by atoms with Gasteiger partial charge < -0.3 is 9.88 Å². The van der Waals surface area contributed by atoms with Gasteiger partial charge in [0.2, 0.25) is 5.91 Å². The van der Waals surface area contributed by atoms with E-state index in [1.807, 2.05) is 49.4 Å². The fourth-order valence-corrected chi connectivity index (χ4v) is 3.13. The first-order valence-corrected chi connectivity index (χ1v) is 8.93. The first-order valence-electron chi connectivity index (χ1n) is 8.93. The van der Waals surface area contributed by atoms with Gasteiger partial charge in [0.1, 0.15) is 5.82 Å². The molecule has 1 atom stereocenters. The number of imidazole rings is 1. The lowest BCUT2D eigenvalue weighted by atomic mass is 10.1. The van der Waals surface area contributed by atoms with Crippen LogP contribution in [0.25, 0.3) is 11.0 Å². The van der Waals surface area contributed by atoms with Crippen molar-refractivity contribution in [3.8, 4) is 0 Å². The van der Waals surface area contributed by atoms with Crippen LogP contribution in [0.4, 0.5) is 0 Å². The molecule has 1 amide bonds. The number of nitrogens with zero attached hydrogens (tertiary/aromatic N) is 2. The molecule has 5 heteroatoms. The van der Waals surface area contributed by atoms with E-state index in [1.165, 1.54) is 0 Å². The molecule has 0 radical (unpaired) electrons. The van der Waals surface area contributed by atoms with Crippen molar-refractivity contribution in [1.29, 1.82) is 0 Å². The van der Waals surface area contributed by atoms with Crippen molar-refractivity contribution in [1.82, 2.24) is 14.9 Å². The molecule has 0 fully saturated rings. The average Bonchev–Trinajstić information content (AvgIpc) is 3.05. The highest BCUT2D eigenvalue weighted by Crippen LogP contribution is 2.20. The Morgan fingerprint density at radius 3 is 2.46 bits per heavy atom. The average molecular weight is 349 g/mol. The van der Waals surface area contributed by atoms with Gasteiger partial charge in [-0.2, -0.15) is 0 Å². The summed E-state index contributed by atoms with van der Waals surface area (Å²) in [6.07, 6.45) is 0.372. The molecule has 0 saturated heterocycles. The molecule has 3 aromatic rings. The third kappa shape index (κ3) is 3.82. The van der Waals surface area contributed by atoms with E-state index in [9.17, 15) is 9.59 Å². The SMILES string of the molecule is CCn1c([C@@H](C)NC(=O)CCC(=O)c2ccccc2)nc2ccccc21. The molecule has 0 aliphatic heterocycles. The number of rotatable bonds is 7. The number of hydrogen-bond donors (Lipinski definition) is 1. The summed E-state index contributed by atoms with van der Waals surface area (Å²) < 4.78 is 2.11. The summed E-state index contributed by atoms with van der Waals surface area (Å²) in [5.74, 6) is 0.669. The Morgan fingerprint density at radius 1 is 1.04 bits per heavy atom. The Labute approximate surface area is 153 Å². The molecule has 5 nitrogen and oxygen atoms in total. The molecule has 0 saturated carbocycles. The third-order valence-electron chi connectivity index (χ3n) is 4.44. The number of ketones is 1.